The van der Waals surface area contributed by atoms with Gasteiger partial charge in [0.05, 0.1) is 49.1 Å². The highest BCUT2D eigenvalue weighted by Gasteiger charge is 2.32. The molecule has 0 spiro atoms. The Labute approximate surface area is 244 Å². The SMILES string of the molecule is COC[C@H]1CC[C@@H](c2ncc(-c3cc4c5c(c3)OCc3cc(-c6cnc([C@@H]7CC[C@H](COC)N7)[nH]6)cc(c3-5)OC4)[nH]2)N1. The predicted molar refractivity (Wildman–Crippen MR) is 157 cm³/mol. The van der Waals surface area contributed by atoms with Crippen molar-refractivity contribution in [1.29, 1.82) is 0 Å². The van der Waals surface area contributed by atoms with Crippen LogP contribution in [0.1, 0.15) is 60.5 Å². The number of aromatic nitrogens is 4. The number of hydrogen-bond acceptors (Lipinski definition) is 8. The van der Waals surface area contributed by atoms with Gasteiger partial charge in [0, 0.05) is 59.7 Å². The van der Waals surface area contributed by atoms with E-state index >= 15 is 0 Å². The lowest BCUT2D eigenvalue weighted by Crippen LogP contribution is -2.28. The zero-order valence-electron chi connectivity index (χ0n) is 24.0. The molecule has 218 valence electrons. The van der Waals surface area contributed by atoms with E-state index in [4.69, 9.17) is 28.9 Å². The normalized spacial score (nSPS) is 24.0. The molecule has 0 amide bonds. The van der Waals surface area contributed by atoms with Gasteiger partial charge in [-0.1, -0.05) is 0 Å². The van der Waals surface area contributed by atoms with Gasteiger partial charge >= 0.3 is 0 Å². The number of hydrogen-bond donors (Lipinski definition) is 4. The molecule has 10 heteroatoms. The first kappa shape index (κ1) is 26.0. The summed E-state index contributed by atoms with van der Waals surface area (Å²) in [6, 6.07) is 9.83. The van der Waals surface area contributed by atoms with Gasteiger partial charge in [0.25, 0.3) is 0 Å². The van der Waals surface area contributed by atoms with Crippen LogP contribution in [-0.2, 0) is 22.7 Å². The molecule has 42 heavy (non-hydrogen) atoms. The monoisotopic (exact) mass is 568 g/mol. The second-order valence-electron chi connectivity index (χ2n) is 11.9. The molecule has 0 saturated carbocycles. The maximum absolute atomic E-state index is 6.38. The van der Waals surface area contributed by atoms with E-state index in [1.807, 2.05) is 12.4 Å². The largest absolute Gasteiger partial charge is 0.488 e. The lowest BCUT2D eigenvalue weighted by atomic mass is 9.87. The second kappa shape index (κ2) is 10.5. The minimum atomic E-state index is 0.214. The lowest BCUT2D eigenvalue weighted by molar-refractivity contribution is 0.171. The Balaban J connectivity index is 1.06. The molecule has 2 aromatic carbocycles. The number of benzene rings is 2. The molecule has 2 aromatic heterocycles. The smallest absolute Gasteiger partial charge is 0.128 e. The summed E-state index contributed by atoms with van der Waals surface area (Å²) < 4.78 is 23.4. The molecule has 4 atom stereocenters. The van der Waals surface area contributed by atoms with Crippen molar-refractivity contribution in [2.24, 2.45) is 0 Å². The minimum absolute atomic E-state index is 0.214. The molecule has 2 fully saturated rings. The van der Waals surface area contributed by atoms with E-state index in [9.17, 15) is 0 Å². The second-order valence-corrected chi connectivity index (χ2v) is 11.9. The van der Waals surface area contributed by atoms with Crippen molar-refractivity contribution in [1.82, 2.24) is 30.6 Å². The van der Waals surface area contributed by atoms with Crippen LogP contribution in [0.4, 0.5) is 0 Å². The van der Waals surface area contributed by atoms with Gasteiger partial charge in [-0.3, -0.25) is 0 Å². The summed E-state index contributed by atoms with van der Waals surface area (Å²) in [6.07, 6.45) is 8.10. The predicted octanol–water partition coefficient (Wildman–Crippen LogP) is 4.80. The number of H-pyrrole nitrogens is 2. The molecule has 6 heterocycles. The highest BCUT2D eigenvalue weighted by atomic mass is 16.5. The Morgan fingerprint density at radius 3 is 1.62 bits per heavy atom. The molecule has 0 unspecified atom stereocenters. The van der Waals surface area contributed by atoms with E-state index < -0.39 is 0 Å². The molecule has 0 radical (unpaired) electrons. The van der Waals surface area contributed by atoms with E-state index in [1.165, 1.54) is 0 Å². The summed E-state index contributed by atoms with van der Waals surface area (Å²) >= 11 is 0. The van der Waals surface area contributed by atoms with Gasteiger partial charge in [0.15, 0.2) is 0 Å². The molecule has 4 aromatic rings. The third-order valence-electron chi connectivity index (χ3n) is 9.07. The number of ether oxygens (including phenoxy) is 4. The Kier molecular flexibility index (Phi) is 6.51. The third-order valence-corrected chi connectivity index (χ3v) is 9.07. The average Bonchev–Trinajstić information content (AvgIpc) is 3.82. The minimum Gasteiger partial charge on any atom is -0.488 e. The van der Waals surface area contributed by atoms with Crippen molar-refractivity contribution in [3.8, 4) is 45.1 Å². The van der Waals surface area contributed by atoms with E-state index in [1.54, 1.807) is 14.2 Å². The fraction of sp³-hybridized carbons (Fsp3) is 0.438. The van der Waals surface area contributed by atoms with Gasteiger partial charge in [-0.05, 0) is 49.9 Å². The van der Waals surface area contributed by atoms with Crippen LogP contribution in [0.5, 0.6) is 11.5 Å². The van der Waals surface area contributed by atoms with Gasteiger partial charge in [-0.15, -0.1) is 0 Å². The average molecular weight is 569 g/mol. The van der Waals surface area contributed by atoms with Crippen LogP contribution in [0.15, 0.2) is 36.7 Å². The Hall–Kier alpha value is -3.70. The van der Waals surface area contributed by atoms with Crippen LogP contribution in [-0.4, -0.2) is 59.5 Å². The Morgan fingerprint density at radius 2 is 1.17 bits per heavy atom. The number of nitrogens with one attached hydrogen (secondary N) is 4. The van der Waals surface area contributed by atoms with Crippen LogP contribution in [0.2, 0.25) is 0 Å². The molecule has 4 aliphatic rings. The maximum Gasteiger partial charge on any atom is 0.128 e. The van der Waals surface area contributed by atoms with Crippen molar-refractivity contribution >= 4 is 0 Å². The van der Waals surface area contributed by atoms with Gasteiger partial charge in [-0.2, -0.15) is 0 Å². The molecule has 0 bridgehead atoms. The highest BCUT2D eigenvalue weighted by Crippen LogP contribution is 2.50. The summed E-state index contributed by atoms with van der Waals surface area (Å²) in [5, 5.41) is 7.25. The molecular formula is C32H36N6O4. The van der Waals surface area contributed by atoms with Gasteiger partial charge in [0.1, 0.15) is 36.4 Å². The van der Waals surface area contributed by atoms with Crippen LogP contribution in [0.3, 0.4) is 0 Å². The summed E-state index contributed by atoms with van der Waals surface area (Å²) in [4.78, 5) is 16.5. The number of imidazole rings is 2. The van der Waals surface area contributed by atoms with E-state index in [-0.39, 0.29) is 12.1 Å². The van der Waals surface area contributed by atoms with Gasteiger partial charge in [-0.25, -0.2) is 9.97 Å². The van der Waals surface area contributed by atoms with Crippen LogP contribution < -0.4 is 20.1 Å². The van der Waals surface area contributed by atoms with Crippen molar-refractivity contribution in [2.75, 3.05) is 27.4 Å². The van der Waals surface area contributed by atoms with Gasteiger partial charge in [0.2, 0.25) is 0 Å². The van der Waals surface area contributed by atoms with Gasteiger partial charge < -0.3 is 39.5 Å². The van der Waals surface area contributed by atoms with Crippen LogP contribution >= 0.6 is 0 Å². The summed E-state index contributed by atoms with van der Waals surface area (Å²) in [5.41, 5.74) is 8.60. The topological polar surface area (TPSA) is 118 Å². The molecule has 10 nitrogen and oxygen atoms in total. The highest BCUT2D eigenvalue weighted by molar-refractivity contribution is 5.88. The zero-order chi connectivity index (χ0) is 28.2. The first-order valence-electron chi connectivity index (χ1n) is 14.9. The maximum atomic E-state index is 6.38. The lowest BCUT2D eigenvalue weighted by Gasteiger charge is -2.30. The quantitative estimate of drug-likeness (QED) is 0.240. The zero-order valence-corrected chi connectivity index (χ0v) is 24.0. The fourth-order valence-electron chi connectivity index (χ4n) is 7.05. The van der Waals surface area contributed by atoms with E-state index in [0.29, 0.717) is 25.3 Å². The summed E-state index contributed by atoms with van der Waals surface area (Å²) in [5.74, 6) is 3.72. The summed E-state index contributed by atoms with van der Waals surface area (Å²) in [6.45, 7) is 2.41. The van der Waals surface area contributed by atoms with Crippen LogP contribution in [0.25, 0.3) is 33.6 Å². The molecule has 2 saturated heterocycles. The molecule has 4 aliphatic heterocycles. The molecule has 0 aliphatic carbocycles. The number of methoxy groups -OCH3 is 2. The molecule has 4 N–H and O–H groups in total. The Bertz CT molecular complexity index is 1460. The van der Waals surface area contributed by atoms with Crippen molar-refractivity contribution < 1.29 is 18.9 Å². The van der Waals surface area contributed by atoms with Crippen molar-refractivity contribution in [3.05, 3.63) is 59.4 Å². The van der Waals surface area contributed by atoms with E-state index in [0.717, 1.165) is 107 Å². The fourth-order valence-corrected chi connectivity index (χ4v) is 7.05. The third kappa shape index (κ3) is 4.50. The van der Waals surface area contributed by atoms with Crippen molar-refractivity contribution in [2.45, 2.75) is 63.1 Å². The molecule has 8 rings (SSSR count). The standard InChI is InChI=1S/C32H36N6O4/c1-39-15-21-3-5-23(35-21)31-33-11-25(37-31)17-7-19-13-42-28-10-18(8-20-14-41-27(9-17)29(19)30(20)28)26-12-34-32(38-26)24-6-4-22(36-24)16-40-2/h7-12,21-24,35-36H,3-6,13-16H2,1-2H3,(H,33,37)(H,34,38)/t21-,22-,23+,24+/m1/s1. The first-order chi connectivity index (χ1) is 20.7. The van der Waals surface area contributed by atoms with Crippen molar-refractivity contribution in [3.63, 3.8) is 0 Å². The number of rotatable bonds is 8. The Morgan fingerprint density at radius 1 is 0.690 bits per heavy atom. The number of aromatic amines is 2. The van der Waals surface area contributed by atoms with Crippen LogP contribution in [0, 0.1) is 0 Å². The first-order valence-corrected chi connectivity index (χ1v) is 14.9. The summed E-state index contributed by atoms with van der Waals surface area (Å²) in [7, 11) is 3.49. The molecular weight excluding hydrogens is 532 g/mol. The number of nitrogens with zero attached hydrogens (tertiary/aromatic N) is 2. The van der Waals surface area contributed by atoms with E-state index in [2.05, 4.69) is 44.9 Å².